The van der Waals surface area contributed by atoms with E-state index in [1.54, 1.807) is 0 Å². The summed E-state index contributed by atoms with van der Waals surface area (Å²) < 4.78 is 0. The predicted molar refractivity (Wildman–Crippen MR) is 130 cm³/mol. The van der Waals surface area contributed by atoms with Gasteiger partial charge in [-0.3, -0.25) is 9.59 Å². The van der Waals surface area contributed by atoms with E-state index in [0.717, 1.165) is 23.1 Å². The van der Waals surface area contributed by atoms with Crippen LogP contribution in [0.25, 0.3) is 10.9 Å². The maximum absolute atomic E-state index is 12.9. The summed E-state index contributed by atoms with van der Waals surface area (Å²) in [7, 11) is 0. The summed E-state index contributed by atoms with van der Waals surface area (Å²) >= 11 is 0. The molecule has 1 aliphatic rings. The number of hydrogen-bond acceptors (Lipinski definition) is 3. The van der Waals surface area contributed by atoms with E-state index in [1.165, 1.54) is 10.9 Å². The number of aromatic nitrogens is 1. The number of H-pyrrole nitrogens is 1. The molecular weight excluding hydrogens is 412 g/mol. The highest BCUT2D eigenvalue weighted by Gasteiger charge is 2.26. The molecule has 0 aliphatic carbocycles. The average Bonchev–Trinajstić information content (AvgIpc) is 3.19. The van der Waals surface area contributed by atoms with Crippen LogP contribution in [0.3, 0.4) is 0 Å². The van der Waals surface area contributed by atoms with Crippen LogP contribution in [0.5, 0.6) is 0 Å². The first kappa shape index (κ1) is 20.7. The molecule has 2 amide bonds. The smallest absolute Gasteiger partial charge is 0.269 e. The molecule has 3 aromatic carbocycles. The summed E-state index contributed by atoms with van der Waals surface area (Å²) in [6, 6.07) is 25.4. The van der Waals surface area contributed by atoms with Crippen LogP contribution in [0, 0.1) is 0 Å². The SMILES string of the molecule is O=C(CCCc1c[nH]c2ccccc12)N[C@@H]1N=C(c2ccccc2)c2ccccc2NC1=O. The highest BCUT2D eigenvalue weighted by Crippen LogP contribution is 2.24. The third kappa shape index (κ3) is 4.41. The Balaban J connectivity index is 1.31. The van der Waals surface area contributed by atoms with Crippen LogP contribution in [0.1, 0.15) is 29.5 Å². The highest BCUT2D eigenvalue weighted by atomic mass is 16.2. The van der Waals surface area contributed by atoms with Crippen molar-refractivity contribution < 1.29 is 9.59 Å². The number of benzene rings is 3. The quantitative estimate of drug-likeness (QED) is 0.418. The zero-order chi connectivity index (χ0) is 22.6. The average molecular weight is 437 g/mol. The monoisotopic (exact) mass is 436 g/mol. The Morgan fingerprint density at radius 3 is 2.58 bits per heavy atom. The lowest BCUT2D eigenvalue weighted by atomic mass is 10.0. The van der Waals surface area contributed by atoms with Crippen molar-refractivity contribution in [2.45, 2.75) is 25.4 Å². The molecule has 6 heteroatoms. The number of benzodiazepines with no additional fused rings is 1. The number of hydrogen-bond donors (Lipinski definition) is 3. The Morgan fingerprint density at radius 1 is 0.939 bits per heavy atom. The van der Waals surface area contributed by atoms with Gasteiger partial charge in [0.1, 0.15) is 0 Å². The molecule has 33 heavy (non-hydrogen) atoms. The van der Waals surface area contributed by atoms with Crippen molar-refractivity contribution in [3.05, 3.63) is 102 Å². The third-order valence-corrected chi connectivity index (χ3v) is 5.82. The fraction of sp³-hybridized carbons (Fsp3) is 0.148. The molecule has 0 fully saturated rings. The lowest BCUT2D eigenvalue weighted by molar-refractivity contribution is -0.126. The van der Waals surface area contributed by atoms with E-state index in [4.69, 9.17) is 0 Å². The van der Waals surface area contributed by atoms with Crippen molar-refractivity contribution in [2.24, 2.45) is 4.99 Å². The van der Waals surface area contributed by atoms with Gasteiger partial charge in [0.15, 0.2) is 0 Å². The van der Waals surface area contributed by atoms with E-state index < -0.39 is 6.17 Å². The maximum atomic E-state index is 12.9. The summed E-state index contributed by atoms with van der Waals surface area (Å²) in [5.74, 6) is -0.546. The number of aryl methyl sites for hydroxylation is 1. The first-order valence-electron chi connectivity index (χ1n) is 11.1. The summed E-state index contributed by atoms with van der Waals surface area (Å²) in [4.78, 5) is 33.5. The van der Waals surface area contributed by atoms with Gasteiger partial charge in [-0.15, -0.1) is 0 Å². The number of carbonyl (C=O) groups is 2. The van der Waals surface area contributed by atoms with E-state index in [9.17, 15) is 9.59 Å². The molecule has 0 spiro atoms. The minimum atomic E-state index is -0.992. The lowest BCUT2D eigenvalue weighted by Crippen LogP contribution is -2.42. The van der Waals surface area contributed by atoms with Gasteiger partial charge in [-0.05, 0) is 30.5 Å². The Morgan fingerprint density at radius 2 is 1.70 bits per heavy atom. The van der Waals surface area contributed by atoms with Gasteiger partial charge in [0.2, 0.25) is 12.1 Å². The van der Waals surface area contributed by atoms with Crippen LogP contribution >= 0.6 is 0 Å². The Hall–Kier alpha value is -4.19. The molecule has 6 nitrogen and oxygen atoms in total. The van der Waals surface area contributed by atoms with E-state index in [2.05, 4.69) is 26.7 Å². The molecule has 0 saturated heterocycles. The molecule has 1 aromatic heterocycles. The molecule has 164 valence electrons. The molecule has 3 N–H and O–H groups in total. The van der Waals surface area contributed by atoms with Gasteiger partial charge in [-0.1, -0.05) is 66.7 Å². The second-order valence-electron chi connectivity index (χ2n) is 8.06. The van der Waals surface area contributed by atoms with Crippen molar-refractivity contribution in [1.29, 1.82) is 0 Å². The molecule has 2 heterocycles. The number of rotatable bonds is 6. The Bertz CT molecular complexity index is 1340. The first-order chi connectivity index (χ1) is 16.2. The Kier molecular flexibility index (Phi) is 5.72. The molecule has 4 aromatic rings. The van der Waals surface area contributed by atoms with E-state index in [-0.39, 0.29) is 11.8 Å². The van der Waals surface area contributed by atoms with Gasteiger partial charge >= 0.3 is 0 Å². The second kappa shape index (κ2) is 9.12. The molecular formula is C27H24N4O2. The van der Waals surface area contributed by atoms with E-state index in [1.807, 2.05) is 79.0 Å². The van der Waals surface area contributed by atoms with Crippen molar-refractivity contribution >= 4 is 34.1 Å². The van der Waals surface area contributed by atoms with Gasteiger partial charge in [0.05, 0.1) is 11.4 Å². The topological polar surface area (TPSA) is 86.3 Å². The van der Waals surface area contributed by atoms with Crippen LogP contribution in [0.15, 0.2) is 90.1 Å². The number of para-hydroxylation sites is 2. The van der Waals surface area contributed by atoms with Gasteiger partial charge in [0, 0.05) is 34.6 Å². The lowest BCUT2D eigenvalue weighted by Gasteiger charge is -2.13. The summed E-state index contributed by atoms with van der Waals surface area (Å²) in [5.41, 5.74) is 5.35. The molecule has 1 atom stereocenters. The van der Waals surface area contributed by atoms with Crippen LogP contribution in [-0.4, -0.2) is 28.7 Å². The zero-order valence-corrected chi connectivity index (χ0v) is 18.0. The Labute approximate surface area is 191 Å². The summed E-state index contributed by atoms with van der Waals surface area (Å²) in [6.07, 6.45) is 2.77. The van der Waals surface area contributed by atoms with Crippen molar-refractivity contribution in [1.82, 2.24) is 10.3 Å². The number of carbonyl (C=O) groups excluding carboxylic acids is 2. The predicted octanol–water partition coefficient (Wildman–Crippen LogP) is 4.42. The fourth-order valence-electron chi connectivity index (χ4n) is 4.18. The fourth-order valence-corrected chi connectivity index (χ4v) is 4.18. The number of anilines is 1. The van der Waals surface area contributed by atoms with Crippen LogP contribution in [-0.2, 0) is 16.0 Å². The van der Waals surface area contributed by atoms with E-state index in [0.29, 0.717) is 24.2 Å². The highest BCUT2D eigenvalue weighted by molar-refractivity contribution is 6.19. The maximum Gasteiger partial charge on any atom is 0.269 e. The second-order valence-corrected chi connectivity index (χ2v) is 8.06. The van der Waals surface area contributed by atoms with E-state index >= 15 is 0 Å². The molecule has 0 saturated carbocycles. The van der Waals surface area contributed by atoms with Crippen LogP contribution < -0.4 is 10.6 Å². The minimum absolute atomic E-state index is 0.197. The third-order valence-electron chi connectivity index (χ3n) is 5.82. The van der Waals surface area contributed by atoms with Crippen molar-refractivity contribution in [3.8, 4) is 0 Å². The molecule has 0 unspecified atom stereocenters. The molecule has 0 bridgehead atoms. The first-order valence-corrected chi connectivity index (χ1v) is 11.1. The largest absolute Gasteiger partial charge is 0.361 e. The molecule has 5 rings (SSSR count). The number of aliphatic imine (C=N–C) groups is 1. The van der Waals surface area contributed by atoms with Crippen molar-refractivity contribution in [3.63, 3.8) is 0 Å². The van der Waals surface area contributed by atoms with Crippen molar-refractivity contribution in [2.75, 3.05) is 5.32 Å². The number of nitrogens with one attached hydrogen (secondary N) is 3. The minimum Gasteiger partial charge on any atom is -0.361 e. The van der Waals surface area contributed by atoms with Gasteiger partial charge in [-0.2, -0.15) is 0 Å². The van der Waals surface area contributed by atoms with Crippen LogP contribution in [0.4, 0.5) is 5.69 Å². The number of amides is 2. The zero-order valence-electron chi connectivity index (χ0n) is 18.0. The normalized spacial score (nSPS) is 15.3. The summed E-state index contributed by atoms with van der Waals surface area (Å²) in [5, 5.41) is 6.89. The van der Waals surface area contributed by atoms with Gasteiger partial charge in [-0.25, -0.2) is 4.99 Å². The van der Waals surface area contributed by atoms with Gasteiger partial charge < -0.3 is 15.6 Å². The standard InChI is InChI=1S/C27H24N4O2/c32-24(16-8-11-19-17-28-22-14-6-4-12-20(19)22)30-26-27(33)29-23-15-7-5-13-21(23)25(31-26)18-9-2-1-3-10-18/h1-7,9-10,12-15,17,26,28H,8,11,16H2,(H,29,33)(H,30,32)/t26-/m1/s1. The number of nitrogens with zero attached hydrogens (tertiary/aromatic N) is 1. The number of fused-ring (bicyclic) bond motifs is 2. The summed E-state index contributed by atoms with van der Waals surface area (Å²) in [6.45, 7) is 0. The molecule has 1 aliphatic heterocycles. The number of aromatic amines is 1. The van der Waals surface area contributed by atoms with Crippen LogP contribution in [0.2, 0.25) is 0 Å². The van der Waals surface area contributed by atoms with Gasteiger partial charge in [0.25, 0.3) is 5.91 Å². The molecule has 0 radical (unpaired) electrons.